The molecule has 6 aromatic rings. The predicted octanol–water partition coefficient (Wildman–Crippen LogP) is 6.47. The largest absolute Gasteiger partial charge is 0.384 e. The summed E-state index contributed by atoms with van der Waals surface area (Å²) in [6.45, 7) is 2.84. The summed E-state index contributed by atoms with van der Waals surface area (Å²) in [4.78, 5) is 31.5. The van der Waals surface area contributed by atoms with Gasteiger partial charge in [0, 0.05) is 37.1 Å². The number of hydrogen-bond acceptors (Lipinski definition) is 7. The van der Waals surface area contributed by atoms with Crippen molar-refractivity contribution >= 4 is 84.0 Å². The minimum Gasteiger partial charge on any atom is -0.384 e. The van der Waals surface area contributed by atoms with Gasteiger partial charge in [-0.05, 0) is 31.9 Å². The summed E-state index contributed by atoms with van der Waals surface area (Å²) in [6.07, 6.45) is 0. The van der Waals surface area contributed by atoms with Gasteiger partial charge in [-0.3, -0.25) is 9.59 Å². The zero-order valence-corrected chi connectivity index (χ0v) is 26.1. The van der Waals surface area contributed by atoms with Gasteiger partial charge >= 0.3 is 0 Å². The average molecular weight is 712 g/mol. The second kappa shape index (κ2) is 12.3. The SMILES string of the molecule is CC(=O)Nc1nn2c(Cl)cc(-c3ccccc3)nc2c1Br.CC(=O)Nc1nn2c(N)cc(-c3ccccc3)nc2c1Br. The molecule has 4 N–H and O–H groups in total. The molecule has 4 aromatic heterocycles. The Morgan fingerprint density at radius 2 is 1.17 bits per heavy atom. The number of aromatic nitrogens is 6. The summed E-state index contributed by atoms with van der Waals surface area (Å²) >= 11 is 13.1. The molecule has 0 aliphatic rings. The van der Waals surface area contributed by atoms with Crippen LogP contribution in [0.2, 0.25) is 5.15 Å². The Morgan fingerprint density at radius 3 is 1.64 bits per heavy atom. The van der Waals surface area contributed by atoms with Crippen molar-refractivity contribution in [3.05, 3.63) is 86.9 Å². The Morgan fingerprint density at radius 1 is 0.738 bits per heavy atom. The van der Waals surface area contributed by atoms with Crippen LogP contribution in [0, 0.1) is 0 Å². The molecule has 0 saturated heterocycles. The van der Waals surface area contributed by atoms with E-state index in [1.54, 1.807) is 12.1 Å². The van der Waals surface area contributed by atoms with Crippen LogP contribution in [0.5, 0.6) is 0 Å². The van der Waals surface area contributed by atoms with E-state index in [1.165, 1.54) is 22.9 Å². The van der Waals surface area contributed by atoms with E-state index < -0.39 is 0 Å². The molecule has 2 aromatic carbocycles. The normalized spacial score (nSPS) is 10.8. The highest BCUT2D eigenvalue weighted by Crippen LogP contribution is 2.31. The maximum atomic E-state index is 11.2. The van der Waals surface area contributed by atoms with Gasteiger partial charge in [-0.1, -0.05) is 72.3 Å². The van der Waals surface area contributed by atoms with E-state index in [4.69, 9.17) is 17.3 Å². The highest BCUT2D eigenvalue weighted by atomic mass is 79.9. The van der Waals surface area contributed by atoms with E-state index in [9.17, 15) is 9.59 Å². The fraction of sp³-hybridized carbons (Fsp3) is 0.0714. The number of carbonyl (C=O) groups excluding carboxylic acids is 2. The number of anilines is 3. The van der Waals surface area contributed by atoms with Crippen LogP contribution in [0.15, 0.2) is 81.7 Å². The van der Waals surface area contributed by atoms with E-state index in [2.05, 4.69) is 62.7 Å². The monoisotopic (exact) mass is 709 g/mol. The van der Waals surface area contributed by atoms with Gasteiger partial charge in [-0.15, -0.1) is 10.2 Å². The second-order valence-corrected chi connectivity index (χ2v) is 10.9. The van der Waals surface area contributed by atoms with Crippen molar-refractivity contribution in [2.24, 2.45) is 0 Å². The molecule has 0 atom stereocenters. The highest BCUT2D eigenvalue weighted by molar-refractivity contribution is 9.11. The van der Waals surface area contributed by atoms with Crippen molar-refractivity contribution < 1.29 is 9.59 Å². The molecule has 0 unspecified atom stereocenters. The van der Waals surface area contributed by atoms with E-state index in [1.807, 2.05) is 60.7 Å². The topological polar surface area (TPSA) is 145 Å². The lowest BCUT2D eigenvalue weighted by Crippen LogP contribution is -2.07. The third-order valence-electron chi connectivity index (χ3n) is 5.78. The van der Waals surface area contributed by atoms with Crippen molar-refractivity contribution in [3.63, 3.8) is 0 Å². The first kappa shape index (κ1) is 29.2. The van der Waals surface area contributed by atoms with E-state index in [0.717, 1.165) is 22.5 Å². The number of halogens is 3. The lowest BCUT2D eigenvalue weighted by atomic mass is 10.1. The summed E-state index contributed by atoms with van der Waals surface area (Å²) in [5, 5.41) is 14.1. The zero-order valence-electron chi connectivity index (χ0n) is 22.1. The van der Waals surface area contributed by atoms with Crippen LogP contribution >= 0.6 is 43.5 Å². The third kappa shape index (κ3) is 6.12. The Labute approximate surface area is 261 Å². The maximum absolute atomic E-state index is 11.2. The number of nitrogens with zero attached hydrogens (tertiary/aromatic N) is 6. The molecule has 212 valence electrons. The van der Waals surface area contributed by atoms with Crippen LogP contribution in [0.1, 0.15) is 13.8 Å². The second-order valence-electron chi connectivity index (χ2n) is 8.92. The number of nitrogens with one attached hydrogen (secondary N) is 2. The van der Waals surface area contributed by atoms with E-state index in [-0.39, 0.29) is 11.8 Å². The molecule has 42 heavy (non-hydrogen) atoms. The molecular weight excluding hydrogens is 690 g/mol. The Bertz CT molecular complexity index is 1800. The van der Waals surface area contributed by atoms with Crippen molar-refractivity contribution in [3.8, 4) is 22.5 Å². The minimum atomic E-state index is -0.210. The van der Waals surface area contributed by atoms with Crippen LogP contribution in [-0.4, -0.2) is 41.0 Å². The number of nitrogens with two attached hydrogens (primary N) is 1. The molecule has 0 saturated carbocycles. The molecule has 0 fully saturated rings. The molecule has 11 nitrogen and oxygen atoms in total. The van der Waals surface area contributed by atoms with Crippen molar-refractivity contribution in [2.75, 3.05) is 16.4 Å². The first-order valence-corrected chi connectivity index (χ1v) is 14.3. The number of carbonyl (C=O) groups is 2. The summed E-state index contributed by atoms with van der Waals surface area (Å²) < 4.78 is 4.16. The van der Waals surface area contributed by atoms with Gasteiger partial charge in [-0.25, -0.2) is 14.5 Å². The van der Waals surface area contributed by atoms with Crippen molar-refractivity contribution in [1.82, 2.24) is 29.2 Å². The van der Waals surface area contributed by atoms with Gasteiger partial charge in [0.15, 0.2) is 22.9 Å². The Hall–Kier alpha value is -4.33. The summed E-state index contributed by atoms with van der Waals surface area (Å²) in [6, 6.07) is 22.9. The van der Waals surface area contributed by atoms with Crippen molar-refractivity contribution in [1.29, 1.82) is 0 Å². The lowest BCUT2D eigenvalue weighted by Gasteiger charge is -2.04. The molecule has 4 heterocycles. The summed E-state index contributed by atoms with van der Waals surface area (Å²) in [5.74, 6) is 0.810. The van der Waals surface area contributed by atoms with Gasteiger partial charge in [-0.2, -0.15) is 4.52 Å². The number of amides is 2. The molecule has 6 rings (SSSR count). The maximum Gasteiger partial charge on any atom is 0.222 e. The van der Waals surface area contributed by atoms with Crippen LogP contribution in [0.25, 0.3) is 33.8 Å². The van der Waals surface area contributed by atoms with Gasteiger partial charge in [0.05, 0.1) is 11.4 Å². The fourth-order valence-corrected chi connectivity index (χ4v) is 5.07. The molecule has 0 aliphatic carbocycles. The minimum absolute atomic E-state index is 0.207. The number of fused-ring (bicyclic) bond motifs is 2. The van der Waals surface area contributed by atoms with Gasteiger partial charge < -0.3 is 16.4 Å². The lowest BCUT2D eigenvalue weighted by molar-refractivity contribution is -0.115. The molecule has 0 radical (unpaired) electrons. The molecule has 0 bridgehead atoms. The molecule has 0 aliphatic heterocycles. The smallest absolute Gasteiger partial charge is 0.222 e. The summed E-state index contributed by atoms with van der Waals surface area (Å²) in [5.41, 5.74) is 10.5. The summed E-state index contributed by atoms with van der Waals surface area (Å²) in [7, 11) is 0. The van der Waals surface area contributed by atoms with Crippen LogP contribution < -0.4 is 16.4 Å². The molecule has 0 spiro atoms. The standard InChI is InChI=1S/C14H10BrClN4O.C14H12BrN5O/c2*1-8(21)17-13-12(15)14-18-10(7-11(16)20(14)19-13)9-5-3-2-4-6-9/h2-7H,1H3,(H,17,19,21);2-7H,16H2,1H3,(H,17,19,21). The Kier molecular flexibility index (Phi) is 8.52. The first-order chi connectivity index (χ1) is 20.1. The number of benzene rings is 2. The fourth-order valence-electron chi connectivity index (χ4n) is 3.98. The zero-order chi connectivity index (χ0) is 30.0. The molecular formula is C28H22Br2ClN9O2. The number of rotatable bonds is 4. The Balaban J connectivity index is 0.000000168. The van der Waals surface area contributed by atoms with E-state index >= 15 is 0 Å². The van der Waals surface area contributed by atoms with E-state index in [0.29, 0.717) is 42.8 Å². The van der Waals surface area contributed by atoms with Crippen LogP contribution in [0.4, 0.5) is 17.5 Å². The van der Waals surface area contributed by atoms with Gasteiger partial charge in [0.1, 0.15) is 19.9 Å². The van der Waals surface area contributed by atoms with Crippen molar-refractivity contribution in [2.45, 2.75) is 13.8 Å². The highest BCUT2D eigenvalue weighted by Gasteiger charge is 2.17. The molecule has 2 amide bonds. The number of hydrogen-bond donors (Lipinski definition) is 3. The van der Waals surface area contributed by atoms with Gasteiger partial charge in [0.2, 0.25) is 11.8 Å². The third-order valence-corrected chi connectivity index (χ3v) is 7.51. The van der Waals surface area contributed by atoms with Crippen LogP contribution in [-0.2, 0) is 9.59 Å². The number of nitrogen functional groups attached to an aromatic ring is 1. The van der Waals surface area contributed by atoms with Crippen LogP contribution in [0.3, 0.4) is 0 Å². The first-order valence-electron chi connectivity index (χ1n) is 12.4. The predicted molar refractivity (Wildman–Crippen MR) is 170 cm³/mol. The quantitative estimate of drug-likeness (QED) is 0.178. The average Bonchev–Trinajstić information content (AvgIpc) is 3.46. The molecule has 14 heteroatoms. The van der Waals surface area contributed by atoms with Gasteiger partial charge in [0.25, 0.3) is 0 Å².